The molecule has 4 rings (SSSR count). The Balaban J connectivity index is 1.52. The molecule has 2 aliphatic heterocycles. The average molecular weight is 339 g/mol. The molecular formula is C19H21N3OS. The number of amides is 1. The molecule has 5 heteroatoms. The number of benzene rings is 1. The molecule has 1 aromatic carbocycles. The van der Waals surface area contributed by atoms with Crippen LogP contribution in [-0.2, 0) is 0 Å². The van der Waals surface area contributed by atoms with E-state index in [9.17, 15) is 4.79 Å². The van der Waals surface area contributed by atoms with Crippen LogP contribution in [0.1, 0.15) is 47.5 Å². The summed E-state index contributed by atoms with van der Waals surface area (Å²) in [5, 5.41) is 8.61. The molecule has 1 fully saturated rings. The summed E-state index contributed by atoms with van der Waals surface area (Å²) in [5.41, 5.74) is 2.98. The van der Waals surface area contributed by atoms with Gasteiger partial charge in [0.1, 0.15) is 0 Å². The second-order valence-corrected chi connectivity index (χ2v) is 7.41. The Kier molecular flexibility index (Phi) is 4.10. The van der Waals surface area contributed by atoms with Gasteiger partial charge in [0.25, 0.3) is 5.91 Å². The molecule has 4 nitrogen and oxygen atoms in total. The van der Waals surface area contributed by atoms with Gasteiger partial charge in [-0.1, -0.05) is 6.07 Å². The number of nitrogens with zero attached hydrogens (tertiary/aromatic N) is 3. The fourth-order valence-corrected chi connectivity index (χ4v) is 4.36. The highest BCUT2D eigenvalue weighted by molar-refractivity contribution is 7.10. The van der Waals surface area contributed by atoms with E-state index < -0.39 is 0 Å². The summed E-state index contributed by atoms with van der Waals surface area (Å²) in [6, 6.07) is 12.3. The van der Waals surface area contributed by atoms with E-state index in [1.54, 1.807) is 11.3 Å². The standard InChI is InChI=1S/C19H21N3OS/c1-14-10-12-22(20-14)16-8-6-15(7-9-16)19(23)21-11-2-4-17(21)18-5-3-13-24-18/h3,5-9,13,17H,2,4,10-12H2,1H3/t17-/m1/s1. The molecule has 1 atom stereocenters. The number of carbonyl (C=O) groups excluding carboxylic acids is 1. The van der Waals surface area contributed by atoms with Crippen LogP contribution in [0.2, 0.25) is 0 Å². The minimum atomic E-state index is 0.138. The van der Waals surface area contributed by atoms with Gasteiger partial charge in [-0.05, 0) is 55.5 Å². The molecule has 1 amide bonds. The van der Waals surface area contributed by atoms with Gasteiger partial charge >= 0.3 is 0 Å². The van der Waals surface area contributed by atoms with E-state index >= 15 is 0 Å². The number of hydrazone groups is 1. The van der Waals surface area contributed by atoms with Crippen molar-refractivity contribution in [1.29, 1.82) is 0 Å². The Morgan fingerprint density at radius 3 is 2.71 bits per heavy atom. The van der Waals surface area contributed by atoms with Crippen LogP contribution in [-0.4, -0.2) is 29.6 Å². The minimum absolute atomic E-state index is 0.138. The lowest BCUT2D eigenvalue weighted by Crippen LogP contribution is -2.30. The van der Waals surface area contributed by atoms with Crippen LogP contribution in [0, 0.1) is 0 Å². The molecule has 0 saturated carbocycles. The molecule has 0 N–H and O–H groups in total. The first-order chi connectivity index (χ1) is 11.7. The molecular weight excluding hydrogens is 318 g/mol. The lowest BCUT2D eigenvalue weighted by Gasteiger charge is -2.24. The van der Waals surface area contributed by atoms with E-state index in [4.69, 9.17) is 0 Å². The first kappa shape index (κ1) is 15.4. The SMILES string of the molecule is CC1=NN(c2ccc(C(=O)N3CCC[C@@H]3c3cccs3)cc2)CC1. The van der Waals surface area contributed by atoms with Crippen LogP contribution in [0.4, 0.5) is 5.69 Å². The Morgan fingerprint density at radius 2 is 2.04 bits per heavy atom. The predicted octanol–water partition coefficient (Wildman–Crippen LogP) is 4.31. The van der Waals surface area contributed by atoms with Gasteiger partial charge < -0.3 is 4.90 Å². The number of likely N-dealkylation sites (tertiary alicyclic amines) is 1. The maximum atomic E-state index is 12.9. The molecule has 3 heterocycles. The molecule has 124 valence electrons. The van der Waals surface area contributed by atoms with Crippen molar-refractivity contribution in [2.45, 2.75) is 32.2 Å². The summed E-state index contributed by atoms with van der Waals surface area (Å²) < 4.78 is 0. The van der Waals surface area contributed by atoms with Gasteiger partial charge in [-0.2, -0.15) is 5.10 Å². The summed E-state index contributed by atoms with van der Waals surface area (Å²) in [4.78, 5) is 16.2. The molecule has 24 heavy (non-hydrogen) atoms. The van der Waals surface area contributed by atoms with Crippen molar-refractivity contribution in [3.63, 3.8) is 0 Å². The quantitative estimate of drug-likeness (QED) is 0.835. The smallest absolute Gasteiger partial charge is 0.254 e. The topological polar surface area (TPSA) is 35.9 Å². The van der Waals surface area contributed by atoms with E-state index in [1.807, 2.05) is 34.2 Å². The zero-order valence-corrected chi connectivity index (χ0v) is 14.6. The van der Waals surface area contributed by atoms with Crippen molar-refractivity contribution in [2.24, 2.45) is 5.10 Å². The van der Waals surface area contributed by atoms with Gasteiger partial charge in [0, 0.05) is 35.7 Å². The third-order valence-corrected chi connectivity index (χ3v) is 5.75. The molecule has 0 aliphatic carbocycles. The van der Waals surface area contributed by atoms with Crippen LogP contribution in [0.5, 0.6) is 0 Å². The fraction of sp³-hybridized carbons (Fsp3) is 0.368. The lowest BCUT2D eigenvalue weighted by molar-refractivity contribution is 0.0738. The zero-order chi connectivity index (χ0) is 16.5. The number of rotatable bonds is 3. The minimum Gasteiger partial charge on any atom is -0.331 e. The highest BCUT2D eigenvalue weighted by Crippen LogP contribution is 2.35. The monoisotopic (exact) mass is 339 g/mol. The third kappa shape index (κ3) is 2.84. The molecule has 1 aromatic heterocycles. The van der Waals surface area contributed by atoms with E-state index in [0.29, 0.717) is 0 Å². The first-order valence-electron chi connectivity index (χ1n) is 8.48. The summed E-state index contributed by atoms with van der Waals surface area (Å²) in [5.74, 6) is 0.138. The normalized spacial score (nSPS) is 20.5. The van der Waals surface area contributed by atoms with Crippen LogP contribution in [0.3, 0.4) is 0 Å². The van der Waals surface area contributed by atoms with E-state index in [-0.39, 0.29) is 11.9 Å². The summed E-state index contributed by atoms with van der Waals surface area (Å²) >= 11 is 1.74. The van der Waals surface area contributed by atoms with Gasteiger partial charge in [0.05, 0.1) is 11.7 Å². The van der Waals surface area contributed by atoms with Crippen molar-refractivity contribution in [3.05, 3.63) is 52.2 Å². The number of thiophene rings is 1. The molecule has 0 unspecified atom stereocenters. The van der Waals surface area contributed by atoms with Crippen LogP contribution in [0.15, 0.2) is 46.9 Å². The number of carbonyl (C=O) groups is 1. The van der Waals surface area contributed by atoms with E-state index in [0.717, 1.165) is 49.3 Å². The third-order valence-electron chi connectivity index (χ3n) is 4.77. The molecule has 2 aliphatic rings. The Hall–Kier alpha value is -2.14. The lowest BCUT2D eigenvalue weighted by atomic mass is 10.1. The van der Waals surface area contributed by atoms with Crippen LogP contribution < -0.4 is 5.01 Å². The van der Waals surface area contributed by atoms with Crippen molar-refractivity contribution < 1.29 is 4.79 Å². The summed E-state index contributed by atoms with van der Waals surface area (Å²) in [7, 11) is 0. The van der Waals surface area contributed by atoms with Gasteiger partial charge in [0.15, 0.2) is 0 Å². The largest absolute Gasteiger partial charge is 0.331 e. The van der Waals surface area contributed by atoms with Crippen LogP contribution in [0.25, 0.3) is 0 Å². The van der Waals surface area contributed by atoms with Crippen molar-refractivity contribution in [3.8, 4) is 0 Å². The van der Waals surface area contributed by atoms with Crippen molar-refractivity contribution >= 4 is 28.6 Å². The van der Waals surface area contributed by atoms with Gasteiger partial charge in [-0.15, -0.1) is 11.3 Å². The highest BCUT2D eigenvalue weighted by atomic mass is 32.1. The molecule has 0 spiro atoms. The Morgan fingerprint density at radius 1 is 1.21 bits per heavy atom. The van der Waals surface area contributed by atoms with Gasteiger partial charge in [-0.3, -0.25) is 9.80 Å². The number of anilines is 1. The number of hydrogen-bond acceptors (Lipinski definition) is 4. The summed E-state index contributed by atoms with van der Waals surface area (Å²) in [6.07, 6.45) is 3.15. The van der Waals surface area contributed by atoms with Crippen molar-refractivity contribution in [1.82, 2.24) is 4.90 Å². The van der Waals surface area contributed by atoms with Gasteiger partial charge in [0.2, 0.25) is 0 Å². The Bertz CT molecular complexity index is 751. The van der Waals surface area contributed by atoms with E-state index in [2.05, 4.69) is 29.5 Å². The first-order valence-corrected chi connectivity index (χ1v) is 9.36. The maximum absolute atomic E-state index is 12.9. The zero-order valence-electron chi connectivity index (χ0n) is 13.8. The Labute approximate surface area is 146 Å². The summed E-state index contributed by atoms with van der Waals surface area (Å²) in [6.45, 7) is 3.82. The average Bonchev–Trinajstić information content (AvgIpc) is 3.35. The second-order valence-electron chi connectivity index (χ2n) is 6.43. The fourth-order valence-electron chi connectivity index (χ4n) is 3.49. The molecule has 1 saturated heterocycles. The predicted molar refractivity (Wildman–Crippen MR) is 98.8 cm³/mol. The highest BCUT2D eigenvalue weighted by Gasteiger charge is 2.31. The van der Waals surface area contributed by atoms with E-state index in [1.165, 1.54) is 4.88 Å². The number of hydrogen-bond donors (Lipinski definition) is 0. The molecule has 2 aromatic rings. The second kappa shape index (κ2) is 6.40. The van der Waals surface area contributed by atoms with Gasteiger partial charge in [-0.25, -0.2) is 0 Å². The van der Waals surface area contributed by atoms with Crippen LogP contribution >= 0.6 is 11.3 Å². The molecule has 0 radical (unpaired) electrons. The van der Waals surface area contributed by atoms with Crippen molar-refractivity contribution in [2.75, 3.05) is 18.1 Å². The maximum Gasteiger partial charge on any atom is 0.254 e. The molecule has 0 bridgehead atoms.